The summed E-state index contributed by atoms with van der Waals surface area (Å²) in [4.78, 5) is 9.69. The summed E-state index contributed by atoms with van der Waals surface area (Å²) in [6.07, 6.45) is -0.108. The molecule has 0 amide bonds. The summed E-state index contributed by atoms with van der Waals surface area (Å²) in [7, 11) is -4.47. The molecule has 0 bridgehead atoms. The highest BCUT2D eigenvalue weighted by atomic mass is 32.2. The Morgan fingerprint density at radius 3 is 2.65 bits per heavy atom. The molecule has 1 atom stereocenters. The highest BCUT2D eigenvalue weighted by molar-refractivity contribution is 7.85. The van der Waals surface area contributed by atoms with Crippen molar-refractivity contribution in [1.29, 1.82) is 0 Å². The van der Waals surface area contributed by atoms with E-state index in [2.05, 4.69) is 0 Å². The third kappa shape index (κ3) is 2.60. The van der Waals surface area contributed by atoms with Crippen molar-refractivity contribution in [3.8, 4) is 0 Å². The van der Waals surface area contributed by atoms with E-state index in [1.54, 1.807) is 0 Å². The highest BCUT2D eigenvalue weighted by Crippen LogP contribution is 2.29. The van der Waals surface area contributed by atoms with Gasteiger partial charge in [0.05, 0.1) is 23.2 Å². The van der Waals surface area contributed by atoms with Gasteiger partial charge in [0.15, 0.2) is 0 Å². The third-order valence-corrected chi connectivity index (χ3v) is 3.36. The van der Waals surface area contributed by atoms with Crippen molar-refractivity contribution in [2.45, 2.75) is 17.4 Å². The number of nitro benzene ring substituents is 1. The molecular formula is C9H9NO6S. The number of hydrogen-bond donors (Lipinski definition) is 1. The van der Waals surface area contributed by atoms with Crippen molar-refractivity contribution in [3.05, 3.63) is 33.9 Å². The van der Waals surface area contributed by atoms with Crippen LogP contribution in [0.15, 0.2) is 23.1 Å². The predicted molar refractivity (Wildman–Crippen MR) is 56.4 cm³/mol. The van der Waals surface area contributed by atoms with Gasteiger partial charge in [0.1, 0.15) is 4.90 Å². The van der Waals surface area contributed by atoms with Crippen molar-refractivity contribution < 1.29 is 22.6 Å². The van der Waals surface area contributed by atoms with Crippen molar-refractivity contribution in [2.75, 3.05) is 6.61 Å². The molecule has 1 N–H and O–H groups in total. The van der Waals surface area contributed by atoms with Gasteiger partial charge in [-0.1, -0.05) is 6.07 Å². The second-order valence-electron chi connectivity index (χ2n) is 3.65. The van der Waals surface area contributed by atoms with E-state index < -0.39 is 19.9 Å². The third-order valence-electron chi connectivity index (χ3n) is 2.42. The molecule has 0 spiro atoms. The van der Waals surface area contributed by atoms with E-state index in [4.69, 9.17) is 9.29 Å². The Labute approximate surface area is 96.9 Å². The fourth-order valence-electron chi connectivity index (χ4n) is 1.59. The lowest BCUT2D eigenvalue weighted by Gasteiger charge is -2.06. The number of epoxide rings is 1. The van der Waals surface area contributed by atoms with Gasteiger partial charge < -0.3 is 4.74 Å². The van der Waals surface area contributed by atoms with Crippen LogP contribution in [-0.2, 0) is 21.3 Å². The van der Waals surface area contributed by atoms with Gasteiger partial charge in [-0.25, -0.2) is 0 Å². The molecule has 0 unspecified atom stereocenters. The van der Waals surface area contributed by atoms with Crippen LogP contribution in [0.2, 0.25) is 0 Å². The van der Waals surface area contributed by atoms with Gasteiger partial charge in [-0.15, -0.1) is 0 Å². The Morgan fingerprint density at radius 1 is 1.53 bits per heavy atom. The van der Waals surface area contributed by atoms with Crippen LogP contribution in [0, 0.1) is 10.1 Å². The molecule has 0 aliphatic carbocycles. The molecule has 1 aliphatic heterocycles. The van der Waals surface area contributed by atoms with Gasteiger partial charge in [-0.05, 0) is 6.07 Å². The minimum absolute atomic E-state index is 0.0116. The lowest BCUT2D eigenvalue weighted by molar-refractivity contribution is -0.385. The van der Waals surface area contributed by atoms with Crippen LogP contribution in [0.4, 0.5) is 5.69 Å². The SMILES string of the molecule is O=[N+]([O-])c1cccc(S(=O)(=O)O)c1C[C@@H]1CO1. The van der Waals surface area contributed by atoms with Crippen molar-refractivity contribution in [2.24, 2.45) is 0 Å². The summed E-state index contributed by atoms with van der Waals surface area (Å²) >= 11 is 0. The number of nitrogens with zero attached hydrogens (tertiary/aromatic N) is 1. The second-order valence-corrected chi connectivity index (χ2v) is 5.04. The molecule has 0 aromatic heterocycles. The van der Waals surface area contributed by atoms with Gasteiger partial charge in [0.25, 0.3) is 15.8 Å². The Hall–Kier alpha value is -1.51. The van der Waals surface area contributed by atoms with E-state index >= 15 is 0 Å². The maximum atomic E-state index is 11.1. The van der Waals surface area contributed by atoms with E-state index in [9.17, 15) is 18.5 Å². The Bertz CT molecular complexity index is 563. The number of rotatable bonds is 4. The summed E-state index contributed by atoms with van der Waals surface area (Å²) in [5.41, 5.74) is -0.335. The molecule has 0 saturated carbocycles. The fourth-order valence-corrected chi connectivity index (χ4v) is 2.34. The normalized spacial score (nSPS) is 19.0. The van der Waals surface area contributed by atoms with Crippen LogP contribution in [0.25, 0.3) is 0 Å². The molecule has 1 aromatic rings. The maximum absolute atomic E-state index is 11.1. The topological polar surface area (TPSA) is 110 Å². The van der Waals surface area contributed by atoms with E-state index in [1.807, 2.05) is 0 Å². The summed E-state index contributed by atoms with van der Waals surface area (Å²) in [6, 6.07) is 3.56. The number of benzene rings is 1. The van der Waals surface area contributed by atoms with E-state index in [0.717, 1.165) is 6.07 Å². The summed E-state index contributed by atoms with van der Waals surface area (Å²) in [6.45, 7) is 0.441. The zero-order valence-electron chi connectivity index (χ0n) is 8.57. The van der Waals surface area contributed by atoms with Crippen molar-refractivity contribution >= 4 is 15.8 Å². The van der Waals surface area contributed by atoms with Crippen molar-refractivity contribution in [3.63, 3.8) is 0 Å². The molecule has 7 nitrogen and oxygen atoms in total. The van der Waals surface area contributed by atoms with Gasteiger partial charge in [-0.2, -0.15) is 8.42 Å². The molecule has 2 rings (SSSR count). The Kier molecular flexibility index (Phi) is 2.86. The molecular weight excluding hydrogens is 250 g/mol. The first-order valence-electron chi connectivity index (χ1n) is 4.75. The molecule has 1 aliphatic rings. The largest absolute Gasteiger partial charge is 0.373 e. The molecule has 0 radical (unpaired) electrons. The molecule has 8 heteroatoms. The molecule has 1 heterocycles. The van der Waals surface area contributed by atoms with Crippen LogP contribution < -0.4 is 0 Å². The monoisotopic (exact) mass is 259 g/mol. The molecule has 1 fully saturated rings. The van der Waals surface area contributed by atoms with Crippen molar-refractivity contribution in [1.82, 2.24) is 0 Å². The first kappa shape index (κ1) is 12.0. The summed E-state index contributed by atoms with van der Waals surface area (Å²) < 4.78 is 36.2. The fraction of sp³-hybridized carbons (Fsp3) is 0.333. The second kappa shape index (κ2) is 4.06. The zero-order chi connectivity index (χ0) is 12.6. The quantitative estimate of drug-likeness (QED) is 0.370. The van der Waals surface area contributed by atoms with Crippen LogP contribution in [-0.4, -0.2) is 30.6 Å². The lowest BCUT2D eigenvalue weighted by Crippen LogP contribution is -2.08. The molecule has 92 valence electrons. The molecule has 17 heavy (non-hydrogen) atoms. The minimum Gasteiger partial charge on any atom is -0.373 e. The standard InChI is InChI=1S/C9H9NO6S/c11-10(12)8-2-1-3-9(17(13,14)15)7(8)4-6-5-16-6/h1-3,6H,4-5H2,(H,13,14,15)/t6-/m1/s1. The van der Waals surface area contributed by atoms with E-state index in [-0.39, 0.29) is 23.8 Å². The van der Waals surface area contributed by atoms with Crippen LogP contribution in [0.3, 0.4) is 0 Å². The maximum Gasteiger partial charge on any atom is 0.295 e. The van der Waals surface area contributed by atoms with Gasteiger partial charge in [0.2, 0.25) is 0 Å². The highest BCUT2D eigenvalue weighted by Gasteiger charge is 2.31. The van der Waals surface area contributed by atoms with Crippen LogP contribution in [0.1, 0.15) is 5.56 Å². The Balaban J connectivity index is 2.57. The summed E-state index contributed by atoms with van der Waals surface area (Å²) in [5.74, 6) is 0. The van der Waals surface area contributed by atoms with Gasteiger partial charge in [-0.3, -0.25) is 14.7 Å². The molecule has 1 aromatic carbocycles. The van der Waals surface area contributed by atoms with Gasteiger partial charge >= 0.3 is 0 Å². The average molecular weight is 259 g/mol. The average Bonchev–Trinajstić information content (AvgIpc) is 3.00. The number of ether oxygens (including phenoxy) is 1. The number of hydrogen-bond acceptors (Lipinski definition) is 5. The zero-order valence-corrected chi connectivity index (χ0v) is 9.38. The van der Waals surface area contributed by atoms with Crippen LogP contribution in [0.5, 0.6) is 0 Å². The van der Waals surface area contributed by atoms with Gasteiger partial charge in [0, 0.05) is 12.5 Å². The lowest BCUT2D eigenvalue weighted by atomic mass is 10.1. The minimum atomic E-state index is -4.47. The van der Waals surface area contributed by atoms with E-state index in [0.29, 0.717) is 6.61 Å². The first-order chi connectivity index (χ1) is 7.89. The van der Waals surface area contributed by atoms with Crippen LogP contribution >= 0.6 is 0 Å². The first-order valence-corrected chi connectivity index (χ1v) is 6.19. The Morgan fingerprint density at radius 2 is 2.18 bits per heavy atom. The molecule has 1 saturated heterocycles. The number of nitro groups is 1. The predicted octanol–water partition coefficient (Wildman–Crippen LogP) is 0.783. The smallest absolute Gasteiger partial charge is 0.295 e. The van der Waals surface area contributed by atoms with E-state index in [1.165, 1.54) is 12.1 Å². The summed E-state index contributed by atoms with van der Waals surface area (Å²) in [5, 5.41) is 10.8.